The van der Waals surface area contributed by atoms with Crippen molar-refractivity contribution in [2.45, 2.75) is 6.54 Å². The molecule has 0 bridgehead atoms. The van der Waals surface area contributed by atoms with Crippen LogP contribution in [0.3, 0.4) is 0 Å². The number of rotatable bonds is 4. The van der Waals surface area contributed by atoms with Gasteiger partial charge in [0.15, 0.2) is 0 Å². The van der Waals surface area contributed by atoms with Gasteiger partial charge in [0.1, 0.15) is 23.7 Å². The van der Waals surface area contributed by atoms with E-state index in [1.807, 2.05) is 0 Å². The lowest BCUT2D eigenvalue weighted by Gasteiger charge is -2.08. The Bertz CT molecular complexity index is 604. The van der Waals surface area contributed by atoms with Crippen LogP contribution in [0.15, 0.2) is 33.4 Å². The first kappa shape index (κ1) is 13.5. The molecular formula is C12H8BrF2NO3. The number of carboxylic acid groups (broad SMARTS) is 1. The second-order valence-corrected chi connectivity index (χ2v) is 4.56. The predicted octanol–water partition coefficient (Wildman–Crippen LogP) is 3.63. The Morgan fingerprint density at radius 2 is 2.11 bits per heavy atom. The third-order valence-corrected chi connectivity index (χ3v) is 2.97. The molecule has 1 aromatic heterocycles. The van der Waals surface area contributed by atoms with E-state index in [0.29, 0.717) is 5.76 Å². The van der Waals surface area contributed by atoms with Crippen LogP contribution in [0.5, 0.6) is 0 Å². The lowest BCUT2D eigenvalue weighted by molar-refractivity contribution is 0.0696. The van der Waals surface area contributed by atoms with E-state index in [1.54, 1.807) is 0 Å². The molecule has 2 rings (SSSR count). The van der Waals surface area contributed by atoms with Crippen LogP contribution in [0.25, 0.3) is 0 Å². The Labute approximate surface area is 115 Å². The quantitative estimate of drug-likeness (QED) is 0.898. The lowest BCUT2D eigenvalue weighted by Crippen LogP contribution is -2.02. The van der Waals surface area contributed by atoms with E-state index in [1.165, 1.54) is 6.07 Å². The maximum absolute atomic E-state index is 13.5. The van der Waals surface area contributed by atoms with Gasteiger partial charge >= 0.3 is 5.97 Å². The number of anilines is 1. The van der Waals surface area contributed by atoms with Crippen LogP contribution in [0.2, 0.25) is 0 Å². The summed E-state index contributed by atoms with van der Waals surface area (Å²) >= 11 is 3.03. The van der Waals surface area contributed by atoms with Crippen molar-refractivity contribution in [1.29, 1.82) is 0 Å². The Kier molecular flexibility index (Phi) is 3.84. The third-order valence-electron chi connectivity index (χ3n) is 2.35. The smallest absolute Gasteiger partial charge is 0.338 e. The van der Waals surface area contributed by atoms with Gasteiger partial charge in [0.05, 0.1) is 17.8 Å². The highest BCUT2D eigenvalue weighted by atomic mass is 79.9. The second kappa shape index (κ2) is 5.40. The molecule has 2 aromatic rings. The molecule has 0 aliphatic rings. The Balaban J connectivity index is 2.12. The summed E-state index contributed by atoms with van der Waals surface area (Å²) in [4.78, 5) is 10.6. The molecule has 1 aromatic carbocycles. The predicted molar refractivity (Wildman–Crippen MR) is 67.1 cm³/mol. The number of carbonyl (C=O) groups is 1. The van der Waals surface area contributed by atoms with Gasteiger partial charge in [-0.2, -0.15) is 0 Å². The molecule has 100 valence electrons. The van der Waals surface area contributed by atoms with E-state index in [0.717, 1.165) is 18.4 Å². The number of hydrogen-bond donors (Lipinski definition) is 2. The summed E-state index contributed by atoms with van der Waals surface area (Å²) in [7, 11) is 0. The van der Waals surface area contributed by atoms with Gasteiger partial charge in [0.25, 0.3) is 0 Å². The summed E-state index contributed by atoms with van der Waals surface area (Å²) < 4.78 is 31.6. The van der Waals surface area contributed by atoms with Gasteiger partial charge in [-0.3, -0.25) is 0 Å². The van der Waals surface area contributed by atoms with Gasteiger partial charge < -0.3 is 14.8 Å². The molecule has 0 saturated heterocycles. The molecule has 0 aliphatic heterocycles. The molecule has 0 fully saturated rings. The van der Waals surface area contributed by atoms with Crippen molar-refractivity contribution < 1.29 is 23.1 Å². The van der Waals surface area contributed by atoms with Gasteiger partial charge in [-0.25, -0.2) is 13.6 Å². The van der Waals surface area contributed by atoms with Gasteiger partial charge in [0, 0.05) is 10.5 Å². The maximum atomic E-state index is 13.5. The fourth-order valence-corrected chi connectivity index (χ4v) is 2.02. The van der Waals surface area contributed by atoms with E-state index < -0.39 is 17.6 Å². The van der Waals surface area contributed by atoms with Crippen LogP contribution in [0.4, 0.5) is 14.5 Å². The average Bonchev–Trinajstić information content (AvgIpc) is 2.76. The minimum atomic E-state index is -1.11. The number of hydrogen-bond acceptors (Lipinski definition) is 3. The number of carboxylic acids is 1. The molecule has 2 N–H and O–H groups in total. The summed E-state index contributed by atoms with van der Waals surface area (Å²) in [6, 6.07) is 3.19. The number of nitrogens with one attached hydrogen (secondary N) is 1. The number of benzene rings is 1. The normalized spacial score (nSPS) is 10.5. The molecule has 1 heterocycles. The molecule has 0 spiro atoms. The molecule has 4 nitrogen and oxygen atoms in total. The highest BCUT2D eigenvalue weighted by Gasteiger charge is 2.12. The second-order valence-electron chi connectivity index (χ2n) is 3.70. The Hall–Kier alpha value is -1.89. The summed E-state index contributed by atoms with van der Waals surface area (Å²) in [5.41, 5.74) is 0.0881. The zero-order chi connectivity index (χ0) is 14.0. The lowest BCUT2D eigenvalue weighted by atomic mass is 10.2. The summed E-state index contributed by atoms with van der Waals surface area (Å²) in [5.74, 6) is -2.23. The first-order valence-corrected chi connectivity index (χ1v) is 5.96. The van der Waals surface area contributed by atoms with Crippen molar-refractivity contribution in [2.24, 2.45) is 0 Å². The largest absolute Gasteiger partial charge is 0.478 e. The molecule has 0 atom stereocenters. The fraction of sp³-hybridized carbons (Fsp3) is 0.0833. The monoisotopic (exact) mass is 331 g/mol. The molecular weight excluding hydrogens is 324 g/mol. The third kappa shape index (κ3) is 3.11. The van der Waals surface area contributed by atoms with Gasteiger partial charge in [-0.1, -0.05) is 0 Å². The minimum absolute atomic E-state index is 0.00967. The van der Waals surface area contributed by atoms with Crippen molar-refractivity contribution >= 4 is 27.6 Å². The van der Waals surface area contributed by atoms with Crippen LogP contribution in [0, 0.1) is 11.6 Å². The van der Waals surface area contributed by atoms with E-state index >= 15 is 0 Å². The topological polar surface area (TPSA) is 62.5 Å². The Morgan fingerprint density at radius 1 is 1.37 bits per heavy atom. The van der Waals surface area contributed by atoms with Crippen molar-refractivity contribution in [3.8, 4) is 0 Å². The number of halogens is 3. The Morgan fingerprint density at radius 3 is 2.68 bits per heavy atom. The molecule has 0 amide bonds. The first-order chi connectivity index (χ1) is 8.97. The van der Waals surface area contributed by atoms with Crippen LogP contribution >= 0.6 is 15.9 Å². The summed E-state index contributed by atoms with van der Waals surface area (Å²) in [5, 5.41) is 11.4. The van der Waals surface area contributed by atoms with E-state index in [9.17, 15) is 13.6 Å². The highest BCUT2D eigenvalue weighted by molar-refractivity contribution is 9.10. The summed E-state index contributed by atoms with van der Waals surface area (Å²) in [6.07, 6.45) is 1.09. The SMILES string of the molecule is O=C(O)c1coc(CNc2c(F)cc(F)cc2Br)c1. The van der Waals surface area contributed by atoms with Crippen molar-refractivity contribution in [3.05, 3.63) is 51.9 Å². The van der Waals surface area contributed by atoms with E-state index in [-0.39, 0.29) is 22.3 Å². The zero-order valence-electron chi connectivity index (χ0n) is 9.41. The van der Waals surface area contributed by atoms with Crippen LogP contribution in [-0.2, 0) is 6.54 Å². The minimum Gasteiger partial charge on any atom is -0.478 e. The van der Waals surface area contributed by atoms with Gasteiger partial charge in [-0.05, 0) is 28.1 Å². The van der Waals surface area contributed by atoms with E-state index in [4.69, 9.17) is 9.52 Å². The van der Waals surface area contributed by atoms with Crippen LogP contribution in [0.1, 0.15) is 16.1 Å². The standard InChI is InChI=1S/C12H8BrF2NO3/c13-9-2-7(14)3-10(15)11(9)16-4-8-1-6(5-19-8)12(17)18/h1-3,5,16H,4H2,(H,17,18). The van der Waals surface area contributed by atoms with E-state index in [2.05, 4.69) is 21.2 Å². The number of furan rings is 1. The highest BCUT2D eigenvalue weighted by Crippen LogP contribution is 2.27. The fourth-order valence-electron chi connectivity index (χ4n) is 1.47. The average molecular weight is 332 g/mol. The van der Waals surface area contributed by atoms with Gasteiger partial charge in [-0.15, -0.1) is 0 Å². The van der Waals surface area contributed by atoms with Crippen LogP contribution in [-0.4, -0.2) is 11.1 Å². The molecule has 7 heteroatoms. The molecule has 0 unspecified atom stereocenters. The molecule has 0 aliphatic carbocycles. The zero-order valence-corrected chi connectivity index (χ0v) is 11.0. The van der Waals surface area contributed by atoms with Crippen molar-refractivity contribution in [2.75, 3.05) is 5.32 Å². The van der Waals surface area contributed by atoms with Gasteiger partial charge in [0.2, 0.25) is 0 Å². The molecule has 0 radical (unpaired) electrons. The van der Waals surface area contributed by atoms with Crippen LogP contribution < -0.4 is 5.32 Å². The van der Waals surface area contributed by atoms with Crippen molar-refractivity contribution in [1.82, 2.24) is 0 Å². The maximum Gasteiger partial charge on any atom is 0.338 e. The molecule has 0 saturated carbocycles. The summed E-state index contributed by atoms with van der Waals surface area (Å²) in [6.45, 7) is 0.0778. The van der Waals surface area contributed by atoms with Crippen molar-refractivity contribution in [3.63, 3.8) is 0 Å². The molecule has 19 heavy (non-hydrogen) atoms. The number of aromatic carboxylic acids is 1. The first-order valence-electron chi connectivity index (χ1n) is 5.16.